The highest BCUT2D eigenvalue weighted by Crippen LogP contribution is 2.16. The molecule has 2 aromatic carbocycles. The standard InChI is InChI=1S/C19H22N4O3/c1-2-5-17(24)22-15-8-4-9-16(11-15)23-18(25)12-21-14-7-3-6-13(10-14)19(20)26/h3-4,6-11,21H,2,5,12H2,1H3,(H2,20,26)(H,22,24)(H,23,25). The topological polar surface area (TPSA) is 113 Å². The van der Waals surface area contributed by atoms with Gasteiger partial charge in [0.25, 0.3) is 0 Å². The minimum Gasteiger partial charge on any atom is -0.376 e. The zero-order valence-electron chi connectivity index (χ0n) is 14.5. The number of anilines is 3. The van der Waals surface area contributed by atoms with Crippen LogP contribution >= 0.6 is 0 Å². The van der Waals surface area contributed by atoms with Crippen molar-refractivity contribution in [2.45, 2.75) is 19.8 Å². The lowest BCUT2D eigenvalue weighted by atomic mass is 10.2. The van der Waals surface area contributed by atoms with Gasteiger partial charge in [0.15, 0.2) is 0 Å². The van der Waals surface area contributed by atoms with Gasteiger partial charge >= 0.3 is 0 Å². The van der Waals surface area contributed by atoms with Gasteiger partial charge < -0.3 is 21.7 Å². The van der Waals surface area contributed by atoms with Gasteiger partial charge in [-0.15, -0.1) is 0 Å². The van der Waals surface area contributed by atoms with Crippen molar-refractivity contribution in [2.75, 3.05) is 22.5 Å². The zero-order valence-corrected chi connectivity index (χ0v) is 14.5. The Morgan fingerprint density at radius 1 is 0.885 bits per heavy atom. The summed E-state index contributed by atoms with van der Waals surface area (Å²) in [5, 5.41) is 8.47. The highest BCUT2D eigenvalue weighted by molar-refractivity contribution is 5.96. The molecule has 136 valence electrons. The predicted molar refractivity (Wildman–Crippen MR) is 102 cm³/mol. The van der Waals surface area contributed by atoms with E-state index >= 15 is 0 Å². The Kier molecular flexibility index (Phi) is 6.73. The second-order valence-corrected chi connectivity index (χ2v) is 5.73. The number of benzene rings is 2. The molecule has 0 saturated heterocycles. The summed E-state index contributed by atoms with van der Waals surface area (Å²) in [5.74, 6) is -0.849. The van der Waals surface area contributed by atoms with E-state index in [2.05, 4.69) is 16.0 Å². The fourth-order valence-corrected chi connectivity index (χ4v) is 2.30. The van der Waals surface area contributed by atoms with E-state index in [-0.39, 0.29) is 18.4 Å². The van der Waals surface area contributed by atoms with E-state index in [1.54, 1.807) is 48.5 Å². The van der Waals surface area contributed by atoms with Crippen molar-refractivity contribution in [2.24, 2.45) is 5.73 Å². The minimum absolute atomic E-state index is 0.0225. The Hall–Kier alpha value is -3.35. The smallest absolute Gasteiger partial charge is 0.248 e. The molecule has 0 aliphatic rings. The maximum Gasteiger partial charge on any atom is 0.248 e. The Labute approximate surface area is 152 Å². The average molecular weight is 354 g/mol. The van der Waals surface area contributed by atoms with Gasteiger partial charge in [0.05, 0.1) is 6.54 Å². The zero-order chi connectivity index (χ0) is 18.9. The molecule has 0 aliphatic heterocycles. The van der Waals surface area contributed by atoms with E-state index in [1.165, 1.54) is 0 Å². The van der Waals surface area contributed by atoms with Gasteiger partial charge in [-0.3, -0.25) is 14.4 Å². The van der Waals surface area contributed by atoms with Crippen LogP contribution in [0.15, 0.2) is 48.5 Å². The fraction of sp³-hybridized carbons (Fsp3) is 0.211. The fourth-order valence-electron chi connectivity index (χ4n) is 2.30. The molecule has 0 aromatic heterocycles. The van der Waals surface area contributed by atoms with Crippen LogP contribution in [0.3, 0.4) is 0 Å². The van der Waals surface area contributed by atoms with Gasteiger partial charge in [-0.1, -0.05) is 19.1 Å². The molecule has 0 fully saturated rings. The first kappa shape index (κ1) is 19.0. The second-order valence-electron chi connectivity index (χ2n) is 5.73. The van der Waals surface area contributed by atoms with Crippen LogP contribution in [0.25, 0.3) is 0 Å². The summed E-state index contributed by atoms with van der Waals surface area (Å²) in [6.45, 7) is 1.96. The van der Waals surface area contributed by atoms with E-state index in [9.17, 15) is 14.4 Å². The summed E-state index contributed by atoms with van der Waals surface area (Å²) in [4.78, 5) is 34.9. The molecule has 0 saturated carbocycles. The monoisotopic (exact) mass is 354 g/mol. The summed E-state index contributed by atoms with van der Waals surface area (Å²) in [6.07, 6.45) is 1.22. The van der Waals surface area contributed by atoms with E-state index in [4.69, 9.17) is 5.73 Å². The first-order chi connectivity index (χ1) is 12.5. The van der Waals surface area contributed by atoms with Crippen molar-refractivity contribution >= 4 is 34.8 Å². The Balaban J connectivity index is 1.90. The maximum absolute atomic E-state index is 12.1. The number of rotatable bonds is 8. The van der Waals surface area contributed by atoms with Gasteiger partial charge in [-0.05, 0) is 42.8 Å². The second kappa shape index (κ2) is 9.22. The van der Waals surface area contributed by atoms with Crippen molar-refractivity contribution in [3.63, 3.8) is 0 Å². The molecule has 2 rings (SSSR count). The van der Waals surface area contributed by atoms with Gasteiger partial charge in [0.1, 0.15) is 0 Å². The normalized spacial score (nSPS) is 10.0. The summed E-state index contributed by atoms with van der Waals surface area (Å²) in [5.41, 5.74) is 7.43. The Morgan fingerprint density at radius 3 is 2.15 bits per heavy atom. The molecule has 0 unspecified atom stereocenters. The lowest BCUT2D eigenvalue weighted by Crippen LogP contribution is -2.22. The SMILES string of the molecule is CCCC(=O)Nc1cccc(NC(=O)CNc2cccc(C(N)=O)c2)c1. The Morgan fingerprint density at radius 2 is 1.50 bits per heavy atom. The van der Waals surface area contributed by atoms with Crippen LogP contribution < -0.4 is 21.7 Å². The molecule has 0 radical (unpaired) electrons. The lowest BCUT2D eigenvalue weighted by molar-refractivity contribution is -0.116. The molecule has 7 nitrogen and oxygen atoms in total. The van der Waals surface area contributed by atoms with Gasteiger partial charge in [-0.25, -0.2) is 0 Å². The first-order valence-electron chi connectivity index (χ1n) is 8.31. The number of hydrogen-bond donors (Lipinski definition) is 4. The third-order valence-electron chi connectivity index (χ3n) is 3.51. The van der Waals surface area contributed by atoms with Crippen LogP contribution in [0.4, 0.5) is 17.1 Å². The van der Waals surface area contributed by atoms with Crippen LogP contribution in [0.5, 0.6) is 0 Å². The summed E-state index contributed by atoms with van der Waals surface area (Å²) >= 11 is 0. The lowest BCUT2D eigenvalue weighted by Gasteiger charge is -2.10. The summed E-state index contributed by atoms with van der Waals surface area (Å²) < 4.78 is 0. The number of amides is 3. The summed E-state index contributed by atoms with van der Waals surface area (Å²) in [7, 11) is 0. The van der Waals surface area contributed by atoms with Gasteiger partial charge in [0, 0.05) is 29.0 Å². The molecule has 0 aliphatic carbocycles. The highest BCUT2D eigenvalue weighted by Gasteiger charge is 2.06. The van der Waals surface area contributed by atoms with Gasteiger partial charge in [0.2, 0.25) is 17.7 Å². The van der Waals surface area contributed by atoms with Crippen LogP contribution in [0.2, 0.25) is 0 Å². The minimum atomic E-state index is -0.528. The summed E-state index contributed by atoms with van der Waals surface area (Å²) in [6, 6.07) is 13.6. The van der Waals surface area contributed by atoms with E-state index < -0.39 is 5.91 Å². The van der Waals surface area contributed by atoms with Crippen molar-refractivity contribution < 1.29 is 14.4 Å². The molecule has 26 heavy (non-hydrogen) atoms. The van der Waals surface area contributed by atoms with Crippen molar-refractivity contribution in [1.29, 1.82) is 0 Å². The number of primary amides is 1. The van der Waals surface area contributed by atoms with E-state index in [1.807, 2.05) is 6.92 Å². The number of carbonyl (C=O) groups is 3. The molecular formula is C19H22N4O3. The van der Waals surface area contributed by atoms with Crippen LogP contribution in [0.1, 0.15) is 30.1 Å². The molecule has 5 N–H and O–H groups in total. The van der Waals surface area contributed by atoms with Crippen LogP contribution in [-0.2, 0) is 9.59 Å². The molecule has 2 aromatic rings. The molecule has 7 heteroatoms. The molecule has 0 heterocycles. The molecule has 0 spiro atoms. The van der Waals surface area contributed by atoms with Crippen molar-refractivity contribution in [3.8, 4) is 0 Å². The average Bonchev–Trinajstić information content (AvgIpc) is 2.60. The Bertz CT molecular complexity index is 805. The van der Waals surface area contributed by atoms with E-state index in [0.717, 1.165) is 6.42 Å². The van der Waals surface area contributed by atoms with E-state index in [0.29, 0.717) is 29.0 Å². The van der Waals surface area contributed by atoms with Crippen LogP contribution in [-0.4, -0.2) is 24.3 Å². The molecule has 0 atom stereocenters. The third-order valence-corrected chi connectivity index (χ3v) is 3.51. The number of hydrogen-bond acceptors (Lipinski definition) is 4. The molecule has 3 amide bonds. The quantitative estimate of drug-likeness (QED) is 0.583. The number of nitrogens with one attached hydrogen (secondary N) is 3. The molecular weight excluding hydrogens is 332 g/mol. The van der Waals surface area contributed by atoms with Crippen molar-refractivity contribution in [3.05, 3.63) is 54.1 Å². The first-order valence-corrected chi connectivity index (χ1v) is 8.31. The van der Waals surface area contributed by atoms with Gasteiger partial charge in [-0.2, -0.15) is 0 Å². The predicted octanol–water partition coefficient (Wildman–Crippen LogP) is 2.57. The van der Waals surface area contributed by atoms with Crippen LogP contribution in [0, 0.1) is 0 Å². The number of nitrogens with two attached hydrogens (primary N) is 1. The molecule has 0 bridgehead atoms. The largest absolute Gasteiger partial charge is 0.376 e. The highest BCUT2D eigenvalue weighted by atomic mass is 16.2. The maximum atomic E-state index is 12.1. The van der Waals surface area contributed by atoms with Crippen molar-refractivity contribution in [1.82, 2.24) is 0 Å². The third kappa shape index (κ3) is 5.94. The number of carbonyl (C=O) groups excluding carboxylic acids is 3.